The standard InChI is InChI=1S/C18H19NO4S/c1-13-8-10-14(11-9-13)24(20,21)19-12-16(18(22-2)23-3)15-6-4-5-7-17(15)19/h4-12,18H,1-3H3. The van der Waals surface area contributed by atoms with Crippen LogP contribution < -0.4 is 0 Å². The molecule has 24 heavy (non-hydrogen) atoms. The third kappa shape index (κ3) is 2.73. The zero-order valence-corrected chi connectivity index (χ0v) is 14.6. The Balaban J connectivity index is 2.24. The summed E-state index contributed by atoms with van der Waals surface area (Å²) in [7, 11) is -0.661. The third-order valence-electron chi connectivity index (χ3n) is 3.97. The van der Waals surface area contributed by atoms with Crippen LogP contribution in [-0.4, -0.2) is 26.6 Å². The number of methoxy groups -OCH3 is 2. The van der Waals surface area contributed by atoms with Gasteiger partial charge in [-0.05, 0) is 25.1 Å². The highest BCUT2D eigenvalue weighted by Gasteiger charge is 2.24. The molecule has 0 aliphatic carbocycles. The van der Waals surface area contributed by atoms with Crippen molar-refractivity contribution < 1.29 is 17.9 Å². The summed E-state index contributed by atoms with van der Waals surface area (Å²) in [6.07, 6.45) is 0.932. The lowest BCUT2D eigenvalue weighted by Crippen LogP contribution is -2.12. The van der Waals surface area contributed by atoms with E-state index in [-0.39, 0.29) is 4.90 Å². The van der Waals surface area contributed by atoms with Gasteiger partial charge in [0.15, 0.2) is 6.29 Å². The predicted octanol–water partition coefficient (Wildman–Crippen LogP) is 3.48. The Morgan fingerprint density at radius 2 is 1.58 bits per heavy atom. The Bertz CT molecular complexity index is 954. The van der Waals surface area contributed by atoms with Gasteiger partial charge in [-0.25, -0.2) is 12.4 Å². The lowest BCUT2D eigenvalue weighted by Gasteiger charge is -2.12. The van der Waals surface area contributed by atoms with Crippen LogP contribution in [0.15, 0.2) is 59.6 Å². The number of aromatic nitrogens is 1. The molecular formula is C18H19NO4S. The number of para-hydroxylation sites is 1. The molecule has 0 radical (unpaired) electrons. The molecule has 0 fully saturated rings. The van der Waals surface area contributed by atoms with Crippen molar-refractivity contribution in [3.8, 4) is 0 Å². The van der Waals surface area contributed by atoms with Crippen molar-refractivity contribution in [1.82, 2.24) is 3.97 Å². The van der Waals surface area contributed by atoms with Crippen LogP contribution in [0, 0.1) is 6.92 Å². The normalized spacial score (nSPS) is 12.2. The highest BCUT2D eigenvalue weighted by Crippen LogP contribution is 2.31. The Hall–Kier alpha value is -2.15. The molecule has 0 bridgehead atoms. The Kier molecular flexibility index (Phi) is 4.45. The van der Waals surface area contributed by atoms with Crippen molar-refractivity contribution in [1.29, 1.82) is 0 Å². The van der Waals surface area contributed by atoms with Crippen molar-refractivity contribution in [3.63, 3.8) is 0 Å². The van der Waals surface area contributed by atoms with Crippen molar-refractivity contribution >= 4 is 20.9 Å². The molecule has 1 heterocycles. The van der Waals surface area contributed by atoms with Crippen LogP contribution in [0.5, 0.6) is 0 Å². The van der Waals surface area contributed by atoms with E-state index >= 15 is 0 Å². The first-order valence-electron chi connectivity index (χ1n) is 7.47. The number of nitrogens with zero attached hydrogens (tertiary/aromatic N) is 1. The number of benzene rings is 2. The van der Waals surface area contributed by atoms with Gasteiger partial charge in [0.1, 0.15) is 0 Å². The minimum atomic E-state index is -3.71. The summed E-state index contributed by atoms with van der Waals surface area (Å²) in [5.41, 5.74) is 2.27. The van der Waals surface area contributed by atoms with E-state index in [4.69, 9.17) is 9.47 Å². The molecule has 3 aromatic rings. The summed E-state index contributed by atoms with van der Waals surface area (Å²) in [5, 5.41) is 0.780. The number of fused-ring (bicyclic) bond motifs is 1. The average Bonchev–Trinajstić information content (AvgIpc) is 2.97. The van der Waals surface area contributed by atoms with E-state index in [1.165, 1.54) is 18.2 Å². The van der Waals surface area contributed by atoms with Gasteiger partial charge in [0.2, 0.25) is 0 Å². The average molecular weight is 345 g/mol. The first-order valence-corrected chi connectivity index (χ1v) is 8.91. The van der Waals surface area contributed by atoms with Gasteiger partial charge in [0.25, 0.3) is 10.0 Å². The van der Waals surface area contributed by atoms with E-state index < -0.39 is 16.3 Å². The van der Waals surface area contributed by atoms with Crippen LogP contribution in [0.25, 0.3) is 10.9 Å². The number of ether oxygens (including phenoxy) is 2. The largest absolute Gasteiger partial charge is 0.352 e. The van der Waals surface area contributed by atoms with Crippen molar-refractivity contribution in [2.75, 3.05) is 14.2 Å². The van der Waals surface area contributed by atoms with E-state index in [0.29, 0.717) is 11.1 Å². The molecular weight excluding hydrogens is 326 g/mol. The molecule has 1 aromatic heterocycles. The second-order valence-corrected chi connectivity index (χ2v) is 7.33. The SMILES string of the molecule is COC(OC)c1cn(S(=O)(=O)c2ccc(C)cc2)c2ccccc12. The Morgan fingerprint density at radius 3 is 2.21 bits per heavy atom. The minimum absolute atomic E-state index is 0.242. The maximum atomic E-state index is 13.1. The molecule has 0 N–H and O–H groups in total. The number of hydrogen-bond acceptors (Lipinski definition) is 4. The maximum absolute atomic E-state index is 13.1. The van der Waals surface area contributed by atoms with E-state index in [9.17, 15) is 8.42 Å². The quantitative estimate of drug-likeness (QED) is 0.664. The summed E-state index contributed by atoms with van der Waals surface area (Å²) in [5.74, 6) is 0. The van der Waals surface area contributed by atoms with Crippen LogP contribution in [0.4, 0.5) is 0 Å². The molecule has 2 aromatic carbocycles. The number of rotatable bonds is 5. The van der Waals surface area contributed by atoms with E-state index in [1.807, 2.05) is 25.1 Å². The molecule has 126 valence electrons. The summed E-state index contributed by atoms with van der Waals surface area (Å²) in [6, 6.07) is 14.1. The van der Waals surface area contributed by atoms with Gasteiger partial charge >= 0.3 is 0 Å². The number of aryl methyl sites for hydroxylation is 1. The highest BCUT2D eigenvalue weighted by molar-refractivity contribution is 7.90. The fraction of sp³-hybridized carbons (Fsp3) is 0.222. The fourth-order valence-corrected chi connectivity index (χ4v) is 4.11. The van der Waals surface area contributed by atoms with Gasteiger partial charge in [-0.1, -0.05) is 35.9 Å². The molecule has 6 heteroatoms. The molecule has 0 saturated carbocycles. The van der Waals surface area contributed by atoms with Gasteiger partial charge in [-0.3, -0.25) is 0 Å². The maximum Gasteiger partial charge on any atom is 0.268 e. The van der Waals surface area contributed by atoms with Crippen LogP contribution in [0.1, 0.15) is 17.4 Å². The summed E-state index contributed by atoms with van der Waals surface area (Å²) in [6.45, 7) is 1.92. The fourth-order valence-electron chi connectivity index (χ4n) is 2.74. The zero-order chi connectivity index (χ0) is 17.3. The molecule has 3 rings (SSSR count). The summed E-state index contributed by atoms with van der Waals surface area (Å²) in [4.78, 5) is 0.242. The molecule has 0 spiro atoms. The molecule has 5 nitrogen and oxygen atoms in total. The van der Waals surface area contributed by atoms with E-state index in [0.717, 1.165) is 10.9 Å². The smallest absolute Gasteiger partial charge is 0.268 e. The molecule has 0 aliphatic heterocycles. The van der Waals surface area contributed by atoms with Gasteiger partial charge in [0, 0.05) is 31.4 Å². The molecule has 0 amide bonds. The minimum Gasteiger partial charge on any atom is -0.352 e. The van der Waals surface area contributed by atoms with Crippen molar-refractivity contribution in [2.24, 2.45) is 0 Å². The van der Waals surface area contributed by atoms with Gasteiger partial charge in [-0.15, -0.1) is 0 Å². The number of hydrogen-bond donors (Lipinski definition) is 0. The van der Waals surface area contributed by atoms with E-state index in [2.05, 4.69) is 0 Å². The lowest BCUT2D eigenvalue weighted by molar-refractivity contribution is -0.105. The van der Waals surface area contributed by atoms with Gasteiger partial charge < -0.3 is 9.47 Å². The predicted molar refractivity (Wildman–Crippen MR) is 92.5 cm³/mol. The monoisotopic (exact) mass is 345 g/mol. The topological polar surface area (TPSA) is 57.5 Å². The van der Waals surface area contributed by atoms with Gasteiger partial charge in [-0.2, -0.15) is 0 Å². The molecule has 0 atom stereocenters. The van der Waals surface area contributed by atoms with Crippen LogP contribution in [0.2, 0.25) is 0 Å². The molecule has 0 saturated heterocycles. The first-order chi connectivity index (χ1) is 11.5. The second kappa shape index (κ2) is 6.39. The molecule has 0 unspecified atom stereocenters. The van der Waals surface area contributed by atoms with Crippen LogP contribution >= 0.6 is 0 Å². The van der Waals surface area contributed by atoms with Crippen LogP contribution in [-0.2, 0) is 19.5 Å². The van der Waals surface area contributed by atoms with Crippen molar-refractivity contribution in [2.45, 2.75) is 18.1 Å². The zero-order valence-electron chi connectivity index (χ0n) is 13.8. The Labute approximate surface area is 141 Å². The third-order valence-corrected chi connectivity index (χ3v) is 5.66. The van der Waals surface area contributed by atoms with Crippen molar-refractivity contribution in [3.05, 3.63) is 65.9 Å². The van der Waals surface area contributed by atoms with Gasteiger partial charge in [0.05, 0.1) is 10.4 Å². The first kappa shape index (κ1) is 16.7. The summed E-state index contributed by atoms with van der Waals surface area (Å²) < 4.78 is 38.0. The summed E-state index contributed by atoms with van der Waals surface area (Å²) >= 11 is 0. The molecule has 0 aliphatic rings. The lowest BCUT2D eigenvalue weighted by atomic mass is 10.2. The van der Waals surface area contributed by atoms with Crippen LogP contribution in [0.3, 0.4) is 0 Å². The Morgan fingerprint density at radius 1 is 0.958 bits per heavy atom. The highest BCUT2D eigenvalue weighted by atomic mass is 32.2. The van der Waals surface area contributed by atoms with E-state index in [1.54, 1.807) is 36.5 Å². The second-order valence-electron chi connectivity index (χ2n) is 5.52.